The number of aliphatic hydroxyl groups excluding tert-OH is 2. The van der Waals surface area contributed by atoms with Gasteiger partial charge in [-0.1, -0.05) is 139 Å². The molecule has 0 unspecified atom stereocenters. The number of carbonyl (C=O) groups excluding carboxylic acids is 3. The van der Waals surface area contributed by atoms with Crippen molar-refractivity contribution in [2.75, 3.05) is 19.8 Å². The van der Waals surface area contributed by atoms with Crippen molar-refractivity contribution >= 4 is 58.8 Å². The summed E-state index contributed by atoms with van der Waals surface area (Å²) < 4.78 is 25.8. The van der Waals surface area contributed by atoms with Crippen LogP contribution in [-0.2, 0) is 38.1 Å². The summed E-state index contributed by atoms with van der Waals surface area (Å²) in [7, 11) is 0. The molecule has 0 radical (unpaired) electrons. The van der Waals surface area contributed by atoms with E-state index < -0.39 is 90.2 Å². The number of halogens is 3. The van der Waals surface area contributed by atoms with Crippen molar-refractivity contribution in [2.24, 2.45) is 5.73 Å². The first-order valence-electron chi connectivity index (χ1n) is 19.6. The highest BCUT2D eigenvalue weighted by atomic mass is 35.6. The number of carboxylic acids is 1. The van der Waals surface area contributed by atoms with Gasteiger partial charge in [0.15, 0.2) is 12.4 Å². The number of aliphatic hydroxyl groups is 2. The topological polar surface area (TPSA) is 213 Å². The average Bonchev–Trinajstić information content (AvgIpc) is 3.10. The number of aliphatic carboxylic acids is 1. The Kier molecular flexibility index (Phi) is 27.6. The minimum Gasteiger partial charge on any atom is -0.481 e. The molecule has 1 fully saturated rings. The number of nitrogens with one attached hydrogen (secondary N) is 1. The smallest absolute Gasteiger partial charge is 0.407 e. The van der Waals surface area contributed by atoms with Gasteiger partial charge in [-0.05, 0) is 19.3 Å². The maximum absolute atomic E-state index is 13.5. The van der Waals surface area contributed by atoms with E-state index in [4.69, 9.17) is 69.3 Å². The molecule has 1 rings (SSSR count). The fourth-order valence-corrected chi connectivity index (χ4v) is 6.24. The molecule has 0 spiro atoms. The number of esters is 2. The highest BCUT2D eigenvalue weighted by Gasteiger charge is 2.49. The number of carboxylic acid groups (broad SMARTS) is 1. The second-order valence-electron chi connectivity index (χ2n) is 14.0. The molecule has 1 amide bonds. The zero-order chi connectivity index (χ0) is 40.4. The standard InChI is InChI=1S/C37H65Cl3N2O12/c1-3-5-7-9-11-12-14-15-17-19-27(52-30(46)20-18-16-13-10-8-6-4-2)22-31(47)54-34-32(42-36(49)51-25-37(38,39)40)35(53-28(23-43)33(34)48)50-24-26(41)21-29(44)45/h26-28,32-35,43,48H,3-25,41H2,1-2H3,(H,42,49)(H,44,45)/t26-,27-,28-,32-,33-,34-,35-/m1/s1. The van der Waals surface area contributed by atoms with Crippen molar-refractivity contribution in [1.82, 2.24) is 5.32 Å². The molecule has 0 aliphatic carbocycles. The van der Waals surface area contributed by atoms with E-state index in [1.54, 1.807) is 0 Å². The van der Waals surface area contributed by atoms with Gasteiger partial charge in [-0.15, -0.1) is 0 Å². The summed E-state index contributed by atoms with van der Waals surface area (Å²) >= 11 is 17.1. The van der Waals surface area contributed by atoms with Crippen molar-refractivity contribution in [3.8, 4) is 0 Å². The molecule has 17 heteroatoms. The minimum absolute atomic E-state index is 0.222. The normalized spacial score (nSPS) is 21.2. The van der Waals surface area contributed by atoms with E-state index in [9.17, 15) is 29.4 Å². The number of unbranched alkanes of at least 4 members (excludes halogenated alkanes) is 14. The van der Waals surface area contributed by atoms with Gasteiger partial charge >= 0.3 is 24.0 Å². The summed E-state index contributed by atoms with van der Waals surface area (Å²) in [6, 6.07) is -2.47. The lowest BCUT2D eigenvalue weighted by molar-refractivity contribution is -0.274. The Balaban J connectivity index is 3.07. The molecule has 0 bridgehead atoms. The van der Waals surface area contributed by atoms with E-state index in [0.717, 1.165) is 57.8 Å². The number of alkyl carbamates (subject to hydrolysis) is 1. The van der Waals surface area contributed by atoms with Crippen LogP contribution in [0.5, 0.6) is 0 Å². The molecule has 0 aromatic rings. The summed E-state index contributed by atoms with van der Waals surface area (Å²) in [5.74, 6) is -2.45. The Morgan fingerprint density at radius 1 is 0.833 bits per heavy atom. The minimum atomic E-state index is -1.96. The van der Waals surface area contributed by atoms with Crippen molar-refractivity contribution in [3.63, 3.8) is 0 Å². The summed E-state index contributed by atoms with van der Waals surface area (Å²) in [5.41, 5.74) is 5.85. The number of carbonyl (C=O) groups is 4. The predicted molar refractivity (Wildman–Crippen MR) is 205 cm³/mol. The van der Waals surface area contributed by atoms with Gasteiger partial charge in [0, 0.05) is 12.5 Å². The maximum atomic E-state index is 13.5. The highest BCUT2D eigenvalue weighted by Crippen LogP contribution is 2.28. The largest absolute Gasteiger partial charge is 0.481 e. The summed E-state index contributed by atoms with van der Waals surface area (Å²) in [6.45, 7) is 2.55. The maximum Gasteiger partial charge on any atom is 0.407 e. The molecular weight excluding hydrogens is 771 g/mol. The van der Waals surface area contributed by atoms with Gasteiger partial charge in [-0.2, -0.15) is 0 Å². The van der Waals surface area contributed by atoms with Crippen LogP contribution < -0.4 is 11.1 Å². The second-order valence-corrected chi connectivity index (χ2v) is 16.5. The zero-order valence-corrected chi connectivity index (χ0v) is 34.3. The number of amides is 1. The van der Waals surface area contributed by atoms with Crippen molar-refractivity contribution in [1.29, 1.82) is 0 Å². The van der Waals surface area contributed by atoms with Crippen LogP contribution in [0, 0.1) is 0 Å². The van der Waals surface area contributed by atoms with Gasteiger partial charge in [0.1, 0.15) is 31.0 Å². The van der Waals surface area contributed by atoms with Gasteiger partial charge in [0.2, 0.25) is 3.79 Å². The molecule has 316 valence electrons. The molecule has 6 N–H and O–H groups in total. The summed E-state index contributed by atoms with van der Waals surface area (Å²) in [6.07, 6.45) is 8.77. The third-order valence-electron chi connectivity index (χ3n) is 8.99. The Morgan fingerprint density at radius 2 is 1.39 bits per heavy atom. The number of hydrogen-bond acceptors (Lipinski definition) is 12. The van der Waals surface area contributed by atoms with Crippen LogP contribution in [-0.4, -0.2) is 106 Å². The van der Waals surface area contributed by atoms with Gasteiger partial charge in [0.25, 0.3) is 0 Å². The Bertz CT molecular complexity index is 1050. The van der Waals surface area contributed by atoms with Crippen molar-refractivity contribution in [2.45, 2.75) is 189 Å². The molecule has 1 aliphatic rings. The number of nitrogens with two attached hydrogens (primary N) is 1. The van der Waals surface area contributed by atoms with E-state index in [1.165, 1.54) is 38.5 Å². The van der Waals surface area contributed by atoms with E-state index >= 15 is 0 Å². The first-order chi connectivity index (χ1) is 25.7. The number of rotatable bonds is 30. The molecule has 0 saturated carbocycles. The molecule has 7 atom stereocenters. The molecule has 14 nitrogen and oxygen atoms in total. The molecule has 1 aliphatic heterocycles. The molecule has 1 heterocycles. The zero-order valence-electron chi connectivity index (χ0n) is 32.0. The van der Waals surface area contributed by atoms with Crippen LogP contribution in [0.25, 0.3) is 0 Å². The first-order valence-corrected chi connectivity index (χ1v) is 20.8. The number of hydrogen-bond donors (Lipinski definition) is 5. The molecule has 0 aromatic heterocycles. The van der Waals surface area contributed by atoms with Gasteiger partial charge in [0.05, 0.1) is 26.1 Å². The highest BCUT2D eigenvalue weighted by molar-refractivity contribution is 6.67. The van der Waals surface area contributed by atoms with Crippen LogP contribution in [0.15, 0.2) is 0 Å². The number of ether oxygens (including phenoxy) is 5. The van der Waals surface area contributed by atoms with Crippen LogP contribution in [0.2, 0.25) is 0 Å². The first kappa shape index (κ1) is 50.4. The predicted octanol–water partition coefficient (Wildman–Crippen LogP) is 6.62. The van der Waals surface area contributed by atoms with Gasteiger partial charge in [-0.3, -0.25) is 14.4 Å². The van der Waals surface area contributed by atoms with E-state index in [-0.39, 0.29) is 19.4 Å². The Hall–Kier alpha value is -1.65. The quantitative estimate of drug-likeness (QED) is 0.0223. The fourth-order valence-electron chi connectivity index (χ4n) is 6.07. The van der Waals surface area contributed by atoms with E-state index in [2.05, 4.69) is 19.2 Å². The molecule has 54 heavy (non-hydrogen) atoms. The van der Waals surface area contributed by atoms with Crippen molar-refractivity contribution < 1.29 is 58.2 Å². The molecule has 0 aromatic carbocycles. The molecule has 1 saturated heterocycles. The SMILES string of the molecule is CCCCCCCCCCC[C@H](CC(=O)O[C@H]1[C@H](O)[C@@H](CO)O[C@@H](OC[C@H](N)CC(=O)O)[C@@H]1NC(=O)OCC(Cl)(Cl)Cl)OC(=O)CCCCCCCCC. The van der Waals surface area contributed by atoms with E-state index in [0.29, 0.717) is 12.8 Å². The van der Waals surface area contributed by atoms with Crippen molar-refractivity contribution in [3.05, 3.63) is 0 Å². The van der Waals surface area contributed by atoms with Crippen LogP contribution >= 0.6 is 34.8 Å². The third kappa shape index (κ3) is 24.1. The lowest BCUT2D eigenvalue weighted by atomic mass is 9.96. The van der Waals surface area contributed by atoms with Crippen LogP contribution in [0.1, 0.15) is 142 Å². The van der Waals surface area contributed by atoms with Gasteiger partial charge < -0.3 is 50.1 Å². The van der Waals surface area contributed by atoms with Crippen LogP contribution in [0.4, 0.5) is 4.79 Å². The van der Waals surface area contributed by atoms with E-state index in [1.807, 2.05) is 0 Å². The summed E-state index contributed by atoms with van der Waals surface area (Å²) in [4.78, 5) is 50.3. The van der Waals surface area contributed by atoms with Crippen LogP contribution in [0.3, 0.4) is 0 Å². The monoisotopic (exact) mass is 834 g/mol. The second kappa shape index (κ2) is 29.6. The fraction of sp³-hybridized carbons (Fsp3) is 0.892. The molecular formula is C37H65Cl3N2O12. The van der Waals surface area contributed by atoms with Gasteiger partial charge in [-0.25, -0.2) is 4.79 Å². The number of alkyl halides is 3. The summed E-state index contributed by atoms with van der Waals surface area (Å²) in [5, 5.41) is 32.6. The lowest BCUT2D eigenvalue weighted by Gasteiger charge is -2.43. The Morgan fingerprint density at radius 3 is 1.93 bits per heavy atom. The lowest BCUT2D eigenvalue weighted by Crippen LogP contribution is -2.66. The average molecular weight is 836 g/mol. The Labute approximate surface area is 335 Å². The third-order valence-corrected chi connectivity index (χ3v) is 9.32.